The molecular weight excluding hydrogens is 326 g/mol. The van der Waals surface area contributed by atoms with Crippen molar-refractivity contribution in [3.8, 4) is 5.88 Å². The molecule has 1 aromatic rings. The molecule has 8 heteroatoms. The van der Waals surface area contributed by atoms with Crippen LogP contribution in [0, 0.1) is 5.92 Å². The Morgan fingerprint density at radius 2 is 2.00 bits per heavy atom. The van der Waals surface area contributed by atoms with Crippen LogP contribution in [0.2, 0.25) is 0 Å². The number of aromatic nitrogens is 3. The van der Waals surface area contributed by atoms with E-state index in [-0.39, 0.29) is 30.6 Å². The number of nitrogens with zero attached hydrogens (tertiary/aromatic N) is 3. The number of hydrogen-bond acceptors (Lipinski definition) is 7. The molecule has 1 aliphatic heterocycles. The molecule has 0 radical (unpaired) electrons. The first-order valence-corrected chi connectivity index (χ1v) is 9.00. The summed E-state index contributed by atoms with van der Waals surface area (Å²) in [7, 11) is 0. The van der Waals surface area contributed by atoms with Crippen LogP contribution in [0.5, 0.6) is 5.88 Å². The van der Waals surface area contributed by atoms with Crippen LogP contribution >= 0.6 is 0 Å². The van der Waals surface area contributed by atoms with Crippen molar-refractivity contribution in [1.29, 1.82) is 0 Å². The fourth-order valence-corrected chi connectivity index (χ4v) is 3.31. The van der Waals surface area contributed by atoms with Crippen LogP contribution in [0.25, 0.3) is 0 Å². The van der Waals surface area contributed by atoms with Crippen LogP contribution in [-0.4, -0.2) is 52.7 Å². The predicted octanol–water partition coefficient (Wildman–Crippen LogP) is 2.10. The van der Waals surface area contributed by atoms with E-state index in [1.165, 1.54) is 0 Å². The summed E-state index contributed by atoms with van der Waals surface area (Å²) in [5.74, 6) is -0.135. The van der Waals surface area contributed by atoms with Gasteiger partial charge in [0.2, 0.25) is 5.88 Å². The maximum Gasteiger partial charge on any atom is 0.309 e. The normalized spacial score (nSPS) is 21.6. The second-order valence-electron chi connectivity index (χ2n) is 7.05. The molecule has 2 aliphatic rings. The Morgan fingerprint density at radius 1 is 1.32 bits per heavy atom. The highest BCUT2D eigenvalue weighted by molar-refractivity contribution is 5.72. The van der Waals surface area contributed by atoms with Gasteiger partial charge in [-0.2, -0.15) is 0 Å². The number of esters is 1. The summed E-state index contributed by atoms with van der Waals surface area (Å²) in [5, 5.41) is 7.82. The molecule has 0 aromatic carbocycles. The van der Waals surface area contributed by atoms with Gasteiger partial charge in [0.25, 0.3) is 0 Å². The van der Waals surface area contributed by atoms with E-state index in [9.17, 15) is 4.79 Å². The molecule has 0 bridgehead atoms. The molecule has 140 valence electrons. The van der Waals surface area contributed by atoms with Crippen LogP contribution < -0.4 is 4.74 Å². The van der Waals surface area contributed by atoms with Crippen molar-refractivity contribution in [2.75, 3.05) is 19.8 Å². The number of carbonyl (C=O) groups is 1. The zero-order valence-corrected chi connectivity index (χ0v) is 15.1. The molecular formula is C17H27N3O5. The summed E-state index contributed by atoms with van der Waals surface area (Å²) in [5.41, 5.74) is 0. The van der Waals surface area contributed by atoms with Gasteiger partial charge < -0.3 is 18.9 Å². The molecule has 2 fully saturated rings. The average molecular weight is 353 g/mol. The Bertz CT molecular complexity index is 573. The van der Waals surface area contributed by atoms with E-state index < -0.39 is 5.79 Å². The van der Waals surface area contributed by atoms with Gasteiger partial charge in [-0.3, -0.25) is 4.79 Å². The Labute approximate surface area is 147 Å². The molecule has 8 nitrogen and oxygen atoms in total. The predicted molar refractivity (Wildman–Crippen MR) is 88.0 cm³/mol. The maximum atomic E-state index is 12.4. The first-order valence-electron chi connectivity index (χ1n) is 9.00. The van der Waals surface area contributed by atoms with Crippen molar-refractivity contribution in [3.05, 3.63) is 6.20 Å². The number of hydrogen-bond donors (Lipinski definition) is 0. The Morgan fingerprint density at radius 3 is 2.64 bits per heavy atom. The highest BCUT2D eigenvalue weighted by Gasteiger charge is 2.42. The van der Waals surface area contributed by atoms with Crippen LogP contribution in [-0.2, 0) is 19.0 Å². The third kappa shape index (κ3) is 4.30. The minimum atomic E-state index is -0.451. The minimum absolute atomic E-state index is 0.0938. The smallest absolute Gasteiger partial charge is 0.309 e. The Balaban J connectivity index is 1.42. The number of ether oxygens (including phenoxy) is 4. The fourth-order valence-electron chi connectivity index (χ4n) is 3.31. The van der Waals surface area contributed by atoms with Crippen molar-refractivity contribution in [1.82, 2.24) is 15.0 Å². The Hall–Kier alpha value is -1.67. The van der Waals surface area contributed by atoms with Gasteiger partial charge >= 0.3 is 5.97 Å². The van der Waals surface area contributed by atoms with Gasteiger partial charge in [0.1, 0.15) is 18.9 Å². The van der Waals surface area contributed by atoms with Crippen LogP contribution in [0.1, 0.15) is 52.5 Å². The largest absolute Gasteiger partial charge is 0.473 e. The summed E-state index contributed by atoms with van der Waals surface area (Å²) in [6, 6.07) is 0.157. The van der Waals surface area contributed by atoms with E-state index in [1.807, 2.05) is 20.8 Å². The van der Waals surface area contributed by atoms with Crippen LogP contribution in [0.4, 0.5) is 0 Å². The molecule has 1 saturated carbocycles. The van der Waals surface area contributed by atoms with Crippen LogP contribution in [0.15, 0.2) is 6.20 Å². The maximum absolute atomic E-state index is 12.4. The third-order valence-electron chi connectivity index (χ3n) is 4.71. The molecule has 25 heavy (non-hydrogen) atoms. The van der Waals surface area contributed by atoms with Gasteiger partial charge in [0, 0.05) is 12.8 Å². The molecule has 3 rings (SSSR count). The summed E-state index contributed by atoms with van der Waals surface area (Å²) in [4.78, 5) is 12.4. The molecule has 1 unspecified atom stereocenters. The van der Waals surface area contributed by atoms with Crippen molar-refractivity contribution < 1.29 is 23.7 Å². The van der Waals surface area contributed by atoms with Crippen molar-refractivity contribution in [3.63, 3.8) is 0 Å². The lowest BCUT2D eigenvalue weighted by Gasteiger charge is -2.34. The molecule has 1 aromatic heterocycles. The van der Waals surface area contributed by atoms with E-state index in [2.05, 4.69) is 10.3 Å². The van der Waals surface area contributed by atoms with E-state index in [1.54, 1.807) is 10.9 Å². The highest BCUT2D eigenvalue weighted by atomic mass is 16.7. The summed E-state index contributed by atoms with van der Waals surface area (Å²) >= 11 is 0. The fraction of sp³-hybridized carbons (Fsp3) is 0.824. The van der Waals surface area contributed by atoms with E-state index in [0.29, 0.717) is 19.1 Å². The number of rotatable bonds is 6. The zero-order valence-electron chi connectivity index (χ0n) is 15.1. The molecule has 1 saturated heterocycles. The topological polar surface area (TPSA) is 84.7 Å². The highest BCUT2D eigenvalue weighted by Crippen LogP contribution is 2.38. The average Bonchev–Trinajstić information content (AvgIpc) is 3.23. The lowest BCUT2D eigenvalue weighted by molar-refractivity contribution is -0.189. The number of carbonyl (C=O) groups excluding carboxylic acids is 1. The van der Waals surface area contributed by atoms with Gasteiger partial charge in [-0.15, -0.1) is 5.10 Å². The molecule has 1 atom stereocenters. The van der Waals surface area contributed by atoms with E-state index in [4.69, 9.17) is 18.9 Å². The summed E-state index contributed by atoms with van der Waals surface area (Å²) in [6.07, 6.45) is 4.19. The van der Waals surface area contributed by atoms with Gasteiger partial charge in [-0.25, -0.2) is 4.68 Å². The quantitative estimate of drug-likeness (QED) is 0.724. The SMILES string of the molecule is CC(COc1cnnn1C(C)C)OC(=O)C1CCC2(CC1)OCCO2. The van der Waals surface area contributed by atoms with Gasteiger partial charge in [0.15, 0.2) is 5.79 Å². The van der Waals surface area contributed by atoms with Gasteiger partial charge in [-0.1, -0.05) is 5.21 Å². The summed E-state index contributed by atoms with van der Waals surface area (Å²) in [6.45, 7) is 7.39. The standard InChI is InChI=1S/C17H27N3O5/c1-12(2)20-15(10-18-19-20)22-11-13(3)25-16(21)14-4-6-17(7-5-14)23-8-9-24-17/h10,12-14H,4-9,11H2,1-3H3. The molecule has 2 heterocycles. The monoisotopic (exact) mass is 353 g/mol. The van der Waals surface area contributed by atoms with E-state index >= 15 is 0 Å². The zero-order chi connectivity index (χ0) is 17.9. The lowest BCUT2D eigenvalue weighted by Crippen LogP contribution is -2.38. The third-order valence-corrected chi connectivity index (χ3v) is 4.71. The molecule has 0 N–H and O–H groups in total. The Kier molecular flexibility index (Phi) is 5.58. The molecule has 1 spiro atoms. The van der Waals surface area contributed by atoms with Gasteiger partial charge in [-0.05, 0) is 33.6 Å². The van der Waals surface area contributed by atoms with Crippen LogP contribution in [0.3, 0.4) is 0 Å². The first-order chi connectivity index (χ1) is 12.0. The minimum Gasteiger partial charge on any atom is -0.473 e. The van der Waals surface area contributed by atoms with Crippen molar-refractivity contribution in [2.24, 2.45) is 5.92 Å². The van der Waals surface area contributed by atoms with E-state index in [0.717, 1.165) is 25.7 Å². The summed E-state index contributed by atoms with van der Waals surface area (Å²) < 4.78 is 24.3. The molecule has 1 aliphatic carbocycles. The van der Waals surface area contributed by atoms with Crippen molar-refractivity contribution >= 4 is 5.97 Å². The van der Waals surface area contributed by atoms with Crippen molar-refractivity contribution in [2.45, 2.75) is 64.4 Å². The molecule has 0 amide bonds. The lowest BCUT2D eigenvalue weighted by atomic mass is 9.85. The second-order valence-corrected chi connectivity index (χ2v) is 7.05. The second kappa shape index (κ2) is 7.70. The van der Waals surface area contributed by atoms with Gasteiger partial charge in [0.05, 0.1) is 25.2 Å². The first kappa shape index (κ1) is 18.1.